The Kier molecular flexibility index (Phi) is 4.33. The lowest BCUT2D eigenvalue weighted by atomic mass is 9.65. The molecule has 0 aliphatic heterocycles. The zero-order valence-corrected chi connectivity index (χ0v) is 11.4. The summed E-state index contributed by atoms with van der Waals surface area (Å²) in [5.41, 5.74) is 0.708. The highest BCUT2D eigenvalue weighted by Crippen LogP contribution is 2.46. The molecule has 0 amide bonds. The quantitative estimate of drug-likeness (QED) is 0.586. The first-order valence-electron chi connectivity index (χ1n) is 7.73. The van der Waals surface area contributed by atoms with Crippen LogP contribution >= 0.6 is 0 Å². The maximum Gasteiger partial charge on any atom is -0.0326 e. The van der Waals surface area contributed by atoms with Crippen molar-refractivity contribution < 1.29 is 0 Å². The van der Waals surface area contributed by atoms with Crippen molar-refractivity contribution >= 4 is 0 Å². The highest BCUT2D eigenvalue weighted by Gasteiger charge is 2.33. The Bertz CT molecular complexity index is 192. The van der Waals surface area contributed by atoms with Crippen LogP contribution in [0, 0.1) is 17.3 Å². The molecule has 2 rings (SSSR count). The molecule has 0 spiro atoms. The van der Waals surface area contributed by atoms with Gasteiger partial charge in [-0.3, -0.25) is 0 Å². The van der Waals surface area contributed by atoms with E-state index in [4.69, 9.17) is 0 Å². The summed E-state index contributed by atoms with van der Waals surface area (Å²) in [4.78, 5) is 0. The van der Waals surface area contributed by atoms with Gasteiger partial charge in [0.05, 0.1) is 0 Å². The molecule has 0 nitrogen and oxygen atoms in total. The molecule has 0 heterocycles. The van der Waals surface area contributed by atoms with Crippen LogP contribution in [0.25, 0.3) is 0 Å². The van der Waals surface area contributed by atoms with E-state index in [1.807, 2.05) is 0 Å². The fourth-order valence-corrected chi connectivity index (χ4v) is 4.27. The fourth-order valence-electron chi connectivity index (χ4n) is 4.27. The van der Waals surface area contributed by atoms with Gasteiger partial charge in [-0.15, -0.1) is 0 Å². The highest BCUT2D eigenvalue weighted by atomic mass is 14.4. The minimum atomic E-state index is 0.708. The Morgan fingerprint density at radius 3 is 2.00 bits per heavy atom. The minimum Gasteiger partial charge on any atom is -0.0654 e. The van der Waals surface area contributed by atoms with E-state index < -0.39 is 0 Å². The van der Waals surface area contributed by atoms with Crippen molar-refractivity contribution in [2.75, 3.05) is 0 Å². The Morgan fingerprint density at radius 1 is 0.875 bits per heavy atom. The summed E-state index contributed by atoms with van der Waals surface area (Å²) in [6.07, 6.45) is 16.6. The number of hydrogen-bond acceptors (Lipinski definition) is 0. The van der Waals surface area contributed by atoms with Crippen LogP contribution < -0.4 is 0 Å². The molecule has 2 saturated carbocycles. The molecule has 16 heavy (non-hydrogen) atoms. The molecular weight excluding hydrogens is 192 g/mol. The van der Waals surface area contributed by atoms with Crippen molar-refractivity contribution in [3.8, 4) is 0 Å². The molecule has 0 saturated heterocycles. The average Bonchev–Trinajstić information content (AvgIpc) is 2.31. The van der Waals surface area contributed by atoms with Gasteiger partial charge in [-0.1, -0.05) is 52.4 Å². The third-order valence-corrected chi connectivity index (χ3v) is 5.41. The highest BCUT2D eigenvalue weighted by molar-refractivity contribution is 4.85. The van der Waals surface area contributed by atoms with Crippen LogP contribution in [0.4, 0.5) is 0 Å². The third-order valence-electron chi connectivity index (χ3n) is 5.41. The zero-order valence-electron chi connectivity index (χ0n) is 11.4. The molecule has 2 aliphatic carbocycles. The summed E-state index contributed by atoms with van der Waals surface area (Å²) in [6.45, 7) is 4.88. The van der Waals surface area contributed by atoms with Gasteiger partial charge in [-0.25, -0.2) is 0 Å². The van der Waals surface area contributed by atoms with Gasteiger partial charge in [0.25, 0.3) is 0 Å². The van der Waals surface area contributed by atoms with E-state index in [1.54, 1.807) is 25.7 Å². The SMILES string of the molecule is CCCC1(C)CCC(C2CCCCC2)CC1. The van der Waals surface area contributed by atoms with Crippen LogP contribution in [-0.2, 0) is 0 Å². The molecule has 2 fully saturated rings. The fraction of sp³-hybridized carbons (Fsp3) is 1.00. The molecule has 2 aliphatic rings. The Hall–Kier alpha value is 0. The predicted octanol–water partition coefficient (Wildman–Crippen LogP) is 5.56. The first kappa shape index (κ1) is 12.5. The predicted molar refractivity (Wildman–Crippen MR) is 71.5 cm³/mol. The molecule has 0 atom stereocenters. The van der Waals surface area contributed by atoms with Crippen molar-refractivity contribution in [2.45, 2.75) is 84.5 Å². The number of rotatable bonds is 3. The van der Waals surface area contributed by atoms with Gasteiger partial charge in [-0.2, -0.15) is 0 Å². The Balaban J connectivity index is 1.79. The van der Waals surface area contributed by atoms with Gasteiger partial charge >= 0.3 is 0 Å². The summed E-state index contributed by atoms with van der Waals surface area (Å²) in [7, 11) is 0. The summed E-state index contributed by atoms with van der Waals surface area (Å²) < 4.78 is 0. The lowest BCUT2D eigenvalue weighted by molar-refractivity contribution is 0.107. The zero-order chi connectivity index (χ0) is 11.4. The van der Waals surface area contributed by atoms with E-state index in [9.17, 15) is 0 Å². The standard InChI is InChI=1S/C16H30/c1-3-11-16(2)12-9-15(10-13-16)14-7-5-4-6-8-14/h14-15H,3-13H2,1-2H3. The first-order chi connectivity index (χ1) is 7.73. The van der Waals surface area contributed by atoms with Crippen LogP contribution in [0.3, 0.4) is 0 Å². The van der Waals surface area contributed by atoms with Crippen LogP contribution in [0.15, 0.2) is 0 Å². The van der Waals surface area contributed by atoms with E-state index in [0.29, 0.717) is 5.41 Å². The van der Waals surface area contributed by atoms with Gasteiger partial charge in [0.1, 0.15) is 0 Å². The maximum absolute atomic E-state index is 2.54. The average molecular weight is 222 g/mol. The van der Waals surface area contributed by atoms with Crippen LogP contribution in [0.2, 0.25) is 0 Å². The molecule has 0 unspecified atom stereocenters. The van der Waals surface area contributed by atoms with Crippen molar-refractivity contribution in [2.24, 2.45) is 17.3 Å². The topological polar surface area (TPSA) is 0 Å². The van der Waals surface area contributed by atoms with Crippen LogP contribution in [-0.4, -0.2) is 0 Å². The second kappa shape index (κ2) is 5.56. The summed E-state index contributed by atoms with van der Waals surface area (Å²) in [5, 5.41) is 0. The van der Waals surface area contributed by atoms with Crippen molar-refractivity contribution in [1.82, 2.24) is 0 Å². The Labute approximate surface area is 102 Å². The van der Waals surface area contributed by atoms with E-state index in [-0.39, 0.29) is 0 Å². The summed E-state index contributed by atoms with van der Waals surface area (Å²) in [5.74, 6) is 2.21. The van der Waals surface area contributed by atoms with E-state index in [2.05, 4.69) is 13.8 Å². The van der Waals surface area contributed by atoms with E-state index >= 15 is 0 Å². The van der Waals surface area contributed by atoms with Crippen molar-refractivity contribution in [3.05, 3.63) is 0 Å². The smallest absolute Gasteiger partial charge is 0.0326 e. The minimum absolute atomic E-state index is 0.708. The lowest BCUT2D eigenvalue weighted by Gasteiger charge is -2.41. The van der Waals surface area contributed by atoms with Gasteiger partial charge in [-0.05, 0) is 49.4 Å². The molecule has 0 heteroatoms. The lowest BCUT2D eigenvalue weighted by Crippen LogP contribution is -2.29. The van der Waals surface area contributed by atoms with Crippen molar-refractivity contribution in [1.29, 1.82) is 0 Å². The molecule has 0 aromatic rings. The molecule has 0 bridgehead atoms. The van der Waals surface area contributed by atoms with Crippen molar-refractivity contribution in [3.63, 3.8) is 0 Å². The first-order valence-corrected chi connectivity index (χ1v) is 7.73. The van der Waals surface area contributed by atoms with Gasteiger partial charge in [0, 0.05) is 0 Å². The van der Waals surface area contributed by atoms with Gasteiger partial charge in [0.2, 0.25) is 0 Å². The second-order valence-corrected chi connectivity index (χ2v) is 6.80. The monoisotopic (exact) mass is 222 g/mol. The largest absolute Gasteiger partial charge is 0.0654 e. The molecule has 0 aromatic carbocycles. The van der Waals surface area contributed by atoms with Crippen LogP contribution in [0.1, 0.15) is 84.5 Å². The molecular formula is C16H30. The van der Waals surface area contributed by atoms with Gasteiger partial charge < -0.3 is 0 Å². The molecule has 0 aromatic heterocycles. The normalized spacial score (nSPS) is 37.5. The summed E-state index contributed by atoms with van der Waals surface area (Å²) >= 11 is 0. The molecule has 94 valence electrons. The summed E-state index contributed by atoms with van der Waals surface area (Å²) in [6, 6.07) is 0. The molecule has 0 radical (unpaired) electrons. The van der Waals surface area contributed by atoms with E-state index in [1.165, 1.54) is 44.9 Å². The second-order valence-electron chi connectivity index (χ2n) is 6.80. The Morgan fingerprint density at radius 2 is 1.44 bits per heavy atom. The third kappa shape index (κ3) is 3.02. The molecule has 0 N–H and O–H groups in total. The maximum atomic E-state index is 2.54. The number of hydrogen-bond donors (Lipinski definition) is 0. The van der Waals surface area contributed by atoms with Gasteiger partial charge in [0.15, 0.2) is 0 Å². The van der Waals surface area contributed by atoms with E-state index in [0.717, 1.165) is 11.8 Å². The van der Waals surface area contributed by atoms with Crippen LogP contribution in [0.5, 0.6) is 0 Å².